The van der Waals surface area contributed by atoms with E-state index >= 15 is 0 Å². The van der Waals surface area contributed by atoms with Crippen LogP contribution in [0, 0.1) is 11.6 Å². The smallest absolute Gasteiger partial charge is 0.408 e. The minimum absolute atomic E-state index is 0.0144. The number of ether oxygens (including phenoxy) is 1. The number of rotatable bonds is 6. The van der Waals surface area contributed by atoms with E-state index in [9.17, 15) is 18.7 Å². The summed E-state index contributed by atoms with van der Waals surface area (Å²) < 4.78 is 33.6. The van der Waals surface area contributed by atoms with Crippen LogP contribution < -0.4 is 5.32 Å². The molecule has 1 heterocycles. The van der Waals surface area contributed by atoms with E-state index in [1.807, 2.05) is 18.2 Å². The van der Waals surface area contributed by atoms with Crippen LogP contribution in [0.25, 0.3) is 0 Å². The predicted molar refractivity (Wildman–Crippen MR) is 106 cm³/mol. The molecule has 1 aromatic heterocycles. The molecule has 0 radical (unpaired) electrons. The third-order valence-electron chi connectivity index (χ3n) is 4.16. The molecule has 2 N–H and O–H groups in total. The first-order chi connectivity index (χ1) is 13.9. The highest BCUT2D eigenvalue weighted by molar-refractivity contribution is 9.10. The maximum atomic E-state index is 14.2. The molecule has 2 aromatic carbocycles. The average molecular weight is 463 g/mol. The molecule has 0 fully saturated rings. The lowest BCUT2D eigenvalue weighted by Crippen LogP contribution is -2.33. The molecule has 150 valence electrons. The molecule has 0 saturated heterocycles. The lowest BCUT2D eigenvalue weighted by molar-refractivity contribution is 0.0992. The number of carbonyl (C=O) groups excluding carboxylic acids is 1. The minimum atomic E-state index is -1.58. The first-order valence-corrected chi connectivity index (χ1v) is 9.44. The molecular formula is C21H17BrF2N2O3. The van der Waals surface area contributed by atoms with Gasteiger partial charge in [-0.2, -0.15) is 0 Å². The fourth-order valence-corrected chi connectivity index (χ4v) is 3.14. The largest absolute Gasteiger partial charge is 0.445 e. The Morgan fingerprint density at radius 3 is 2.62 bits per heavy atom. The van der Waals surface area contributed by atoms with Gasteiger partial charge in [0.2, 0.25) is 0 Å². The monoisotopic (exact) mass is 462 g/mol. The summed E-state index contributed by atoms with van der Waals surface area (Å²) in [5.41, 5.74) is 0.866. The molecule has 3 rings (SSSR count). The zero-order chi connectivity index (χ0) is 20.8. The Morgan fingerprint density at radius 2 is 1.90 bits per heavy atom. The van der Waals surface area contributed by atoms with Crippen molar-refractivity contribution in [1.82, 2.24) is 10.3 Å². The summed E-state index contributed by atoms with van der Waals surface area (Å²) in [5.74, 6) is -1.51. The van der Waals surface area contributed by atoms with Crippen LogP contribution in [-0.4, -0.2) is 16.2 Å². The third-order valence-corrected chi connectivity index (χ3v) is 4.60. The van der Waals surface area contributed by atoms with E-state index in [0.29, 0.717) is 10.0 Å². The number of aliphatic hydroxyl groups is 1. The summed E-state index contributed by atoms with van der Waals surface area (Å²) in [6, 6.07) is 12.3. The maximum absolute atomic E-state index is 14.2. The third kappa shape index (κ3) is 5.58. The van der Waals surface area contributed by atoms with Crippen LogP contribution in [0.15, 0.2) is 71.5 Å². The van der Waals surface area contributed by atoms with Crippen molar-refractivity contribution >= 4 is 22.0 Å². The van der Waals surface area contributed by atoms with Crippen LogP contribution in [0.2, 0.25) is 0 Å². The molecule has 0 spiro atoms. The Labute approximate surface area is 174 Å². The Balaban J connectivity index is 1.83. The summed E-state index contributed by atoms with van der Waals surface area (Å²) >= 11 is 3.27. The Morgan fingerprint density at radius 1 is 1.14 bits per heavy atom. The van der Waals surface area contributed by atoms with E-state index in [4.69, 9.17) is 4.74 Å². The van der Waals surface area contributed by atoms with E-state index in [-0.39, 0.29) is 12.2 Å². The normalized spacial score (nSPS) is 12.8. The molecule has 0 saturated carbocycles. The molecule has 0 aliphatic carbocycles. The molecule has 1 amide bonds. The SMILES string of the molecule is O=C(N[C@H](c1cncc(Br)c1)[C@@H](O)c1cc(F)ccc1F)OCc1ccccc1. The number of aliphatic hydroxyl groups excluding tert-OH is 1. The number of alkyl carbamates (subject to hydrolysis) is 1. The van der Waals surface area contributed by atoms with Gasteiger partial charge in [0, 0.05) is 22.4 Å². The van der Waals surface area contributed by atoms with Crippen LogP contribution >= 0.6 is 15.9 Å². The van der Waals surface area contributed by atoms with Crippen molar-refractivity contribution in [1.29, 1.82) is 0 Å². The van der Waals surface area contributed by atoms with Gasteiger partial charge in [-0.25, -0.2) is 13.6 Å². The Bertz CT molecular complexity index is 989. The first kappa shape index (κ1) is 20.9. The highest BCUT2D eigenvalue weighted by Gasteiger charge is 2.28. The number of aromatic nitrogens is 1. The van der Waals surface area contributed by atoms with Crippen molar-refractivity contribution in [3.8, 4) is 0 Å². The maximum Gasteiger partial charge on any atom is 0.408 e. The van der Waals surface area contributed by atoms with Crippen molar-refractivity contribution in [2.24, 2.45) is 0 Å². The Hall–Kier alpha value is -2.84. The van der Waals surface area contributed by atoms with Gasteiger partial charge in [0.1, 0.15) is 24.3 Å². The number of hydrogen-bond acceptors (Lipinski definition) is 4. The lowest BCUT2D eigenvalue weighted by Gasteiger charge is -2.25. The van der Waals surface area contributed by atoms with Crippen molar-refractivity contribution in [2.75, 3.05) is 0 Å². The van der Waals surface area contributed by atoms with Crippen molar-refractivity contribution in [2.45, 2.75) is 18.8 Å². The van der Waals surface area contributed by atoms with Gasteiger partial charge >= 0.3 is 6.09 Å². The van der Waals surface area contributed by atoms with Gasteiger partial charge in [0.05, 0.1) is 6.04 Å². The fraction of sp³-hybridized carbons (Fsp3) is 0.143. The van der Waals surface area contributed by atoms with Gasteiger partial charge in [-0.15, -0.1) is 0 Å². The quantitative estimate of drug-likeness (QED) is 0.550. The van der Waals surface area contributed by atoms with Crippen LogP contribution in [-0.2, 0) is 11.3 Å². The topological polar surface area (TPSA) is 71.5 Å². The molecule has 8 heteroatoms. The molecule has 0 unspecified atom stereocenters. The van der Waals surface area contributed by atoms with Crippen molar-refractivity contribution in [3.63, 3.8) is 0 Å². The molecule has 29 heavy (non-hydrogen) atoms. The van der Waals surface area contributed by atoms with Crippen molar-refractivity contribution in [3.05, 3.63) is 99.8 Å². The first-order valence-electron chi connectivity index (χ1n) is 8.64. The molecular weight excluding hydrogens is 446 g/mol. The molecule has 0 bridgehead atoms. The van der Waals surface area contributed by atoms with Gasteiger partial charge in [-0.05, 0) is 51.3 Å². The van der Waals surface area contributed by atoms with Crippen LogP contribution in [0.5, 0.6) is 0 Å². The van der Waals surface area contributed by atoms with Crippen LogP contribution in [0.3, 0.4) is 0 Å². The number of pyridine rings is 1. The number of amides is 1. The van der Waals surface area contributed by atoms with Crippen LogP contribution in [0.4, 0.5) is 13.6 Å². The van der Waals surface area contributed by atoms with Gasteiger partial charge in [-0.1, -0.05) is 30.3 Å². The number of carbonyl (C=O) groups is 1. The summed E-state index contributed by atoms with van der Waals surface area (Å²) in [4.78, 5) is 16.3. The number of halogens is 3. The summed E-state index contributed by atoms with van der Waals surface area (Å²) in [6.45, 7) is 0.0144. The van der Waals surface area contributed by atoms with Gasteiger partial charge < -0.3 is 15.2 Å². The number of nitrogens with one attached hydrogen (secondary N) is 1. The highest BCUT2D eigenvalue weighted by atomic mass is 79.9. The van der Waals surface area contributed by atoms with E-state index in [1.165, 1.54) is 12.4 Å². The zero-order valence-corrected chi connectivity index (χ0v) is 16.6. The average Bonchev–Trinajstić information content (AvgIpc) is 2.72. The second kappa shape index (κ2) is 9.58. The number of hydrogen-bond donors (Lipinski definition) is 2. The van der Waals surface area contributed by atoms with Gasteiger partial charge in [0.25, 0.3) is 0 Å². The molecule has 3 aromatic rings. The van der Waals surface area contributed by atoms with Crippen LogP contribution in [0.1, 0.15) is 28.8 Å². The van der Waals surface area contributed by atoms with E-state index in [2.05, 4.69) is 26.2 Å². The summed E-state index contributed by atoms with van der Waals surface area (Å²) in [5, 5.41) is 13.3. The number of nitrogens with zero attached hydrogens (tertiary/aromatic N) is 1. The molecule has 2 atom stereocenters. The van der Waals surface area contributed by atoms with E-state index in [0.717, 1.165) is 23.8 Å². The molecule has 5 nitrogen and oxygen atoms in total. The van der Waals surface area contributed by atoms with E-state index in [1.54, 1.807) is 18.2 Å². The highest BCUT2D eigenvalue weighted by Crippen LogP contribution is 2.31. The van der Waals surface area contributed by atoms with Crippen molar-refractivity contribution < 1.29 is 23.4 Å². The fourth-order valence-electron chi connectivity index (χ4n) is 2.76. The second-order valence-electron chi connectivity index (χ2n) is 6.23. The van der Waals surface area contributed by atoms with Gasteiger partial charge in [0.15, 0.2) is 0 Å². The summed E-state index contributed by atoms with van der Waals surface area (Å²) in [7, 11) is 0. The lowest BCUT2D eigenvalue weighted by atomic mass is 9.96. The summed E-state index contributed by atoms with van der Waals surface area (Å²) in [6.07, 6.45) is 0.525. The zero-order valence-electron chi connectivity index (χ0n) is 15.1. The predicted octanol–water partition coefficient (Wildman–Crippen LogP) is 4.82. The van der Waals surface area contributed by atoms with Gasteiger partial charge in [-0.3, -0.25) is 4.98 Å². The Kier molecular flexibility index (Phi) is 6.90. The standard InChI is InChI=1S/C21H17BrF2N2O3/c22-15-8-14(10-25-11-15)19(20(27)17-9-16(23)6-7-18(17)24)26-21(28)29-12-13-4-2-1-3-5-13/h1-11,19-20,27H,12H2,(H,26,28)/t19-,20+/m1/s1. The molecule has 0 aliphatic heterocycles. The second-order valence-corrected chi connectivity index (χ2v) is 7.15. The number of benzene rings is 2. The van der Waals surface area contributed by atoms with E-state index < -0.39 is 29.9 Å². The minimum Gasteiger partial charge on any atom is -0.445 e. The molecule has 0 aliphatic rings.